The molecule has 0 bridgehead atoms. The molecule has 1 unspecified atom stereocenters. The molecule has 1 aromatic rings. The van der Waals surface area contributed by atoms with Crippen LogP contribution in [-0.2, 0) is 10.2 Å². The van der Waals surface area contributed by atoms with Crippen LogP contribution in [0.25, 0.3) is 0 Å². The summed E-state index contributed by atoms with van der Waals surface area (Å²) >= 11 is 6.33. The predicted octanol–water partition coefficient (Wildman–Crippen LogP) is 4.00. The Morgan fingerprint density at radius 1 is 1.41 bits per heavy atom. The molecule has 0 saturated carbocycles. The van der Waals surface area contributed by atoms with E-state index >= 15 is 0 Å². The number of carbonyl (C=O) groups is 1. The van der Waals surface area contributed by atoms with Gasteiger partial charge in [0.1, 0.15) is 0 Å². The average Bonchev–Trinajstić information content (AvgIpc) is 2.50. The molecule has 0 radical (unpaired) electrons. The van der Waals surface area contributed by atoms with E-state index in [1.807, 2.05) is 26.0 Å². The van der Waals surface area contributed by atoms with Gasteiger partial charge in [-0.2, -0.15) is 0 Å². The smallest absolute Gasteiger partial charge is 0.234 e. The van der Waals surface area contributed by atoms with E-state index in [4.69, 9.17) is 11.6 Å². The molecule has 2 nitrogen and oxygen atoms in total. The molecule has 3 heteroatoms. The summed E-state index contributed by atoms with van der Waals surface area (Å²) in [6.45, 7) is 6.01. The van der Waals surface area contributed by atoms with Crippen molar-refractivity contribution in [3.63, 3.8) is 0 Å². The van der Waals surface area contributed by atoms with Gasteiger partial charge in [-0.15, -0.1) is 11.6 Å². The van der Waals surface area contributed by atoms with Crippen LogP contribution in [0.15, 0.2) is 18.2 Å². The van der Waals surface area contributed by atoms with Crippen molar-refractivity contribution in [3.05, 3.63) is 29.3 Å². The highest BCUT2D eigenvalue weighted by molar-refractivity contribution is 6.20. The summed E-state index contributed by atoms with van der Waals surface area (Å²) in [6.07, 6.45) is 2.02. The second kappa shape index (κ2) is 4.34. The molecule has 1 aliphatic rings. The van der Waals surface area contributed by atoms with E-state index in [1.165, 1.54) is 0 Å². The number of alkyl halides is 1. The van der Waals surface area contributed by atoms with E-state index in [9.17, 15) is 4.79 Å². The number of nitrogens with one attached hydrogen (secondary N) is 1. The number of benzene rings is 1. The molecule has 0 spiro atoms. The highest BCUT2D eigenvalue weighted by atomic mass is 35.5. The van der Waals surface area contributed by atoms with E-state index in [-0.39, 0.29) is 11.3 Å². The summed E-state index contributed by atoms with van der Waals surface area (Å²) in [5, 5.41) is 2.94. The molecule has 1 heterocycles. The van der Waals surface area contributed by atoms with Crippen molar-refractivity contribution in [2.24, 2.45) is 0 Å². The van der Waals surface area contributed by atoms with Crippen LogP contribution in [0, 0.1) is 0 Å². The molecule has 0 aliphatic carbocycles. The fourth-order valence-electron chi connectivity index (χ4n) is 2.20. The van der Waals surface area contributed by atoms with Gasteiger partial charge in [-0.25, -0.2) is 0 Å². The van der Waals surface area contributed by atoms with E-state index in [0.717, 1.165) is 29.7 Å². The Hall–Kier alpha value is -1.02. The topological polar surface area (TPSA) is 29.1 Å². The largest absolute Gasteiger partial charge is 0.325 e. The van der Waals surface area contributed by atoms with Crippen molar-refractivity contribution in [2.45, 2.75) is 44.4 Å². The normalized spacial score (nSPS) is 18.7. The predicted molar refractivity (Wildman–Crippen MR) is 71.6 cm³/mol. The van der Waals surface area contributed by atoms with Crippen LogP contribution in [0.3, 0.4) is 0 Å². The van der Waals surface area contributed by atoms with E-state index in [1.54, 1.807) is 0 Å². The fourth-order valence-corrected chi connectivity index (χ4v) is 2.56. The van der Waals surface area contributed by atoms with E-state index in [0.29, 0.717) is 0 Å². The van der Waals surface area contributed by atoms with Gasteiger partial charge >= 0.3 is 0 Å². The molecule has 17 heavy (non-hydrogen) atoms. The molecular formula is C14H18ClNO. The SMILES string of the molecule is CCCC(Cl)c1ccc2c(c1)C(C)(C)C(=O)N2. The van der Waals surface area contributed by atoms with Gasteiger partial charge in [0.25, 0.3) is 0 Å². The van der Waals surface area contributed by atoms with Crippen molar-refractivity contribution in [1.82, 2.24) is 0 Å². The molecule has 1 amide bonds. The van der Waals surface area contributed by atoms with Gasteiger partial charge < -0.3 is 5.32 Å². The summed E-state index contributed by atoms with van der Waals surface area (Å²) in [5.41, 5.74) is 2.64. The molecule has 1 aliphatic heterocycles. The molecule has 0 aromatic heterocycles. The first-order valence-corrected chi connectivity index (χ1v) is 6.50. The number of anilines is 1. The lowest BCUT2D eigenvalue weighted by atomic mass is 9.85. The lowest BCUT2D eigenvalue weighted by Crippen LogP contribution is -2.26. The van der Waals surface area contributed by atoms with Gasteiger partial charge in [-0.3, -0.25) is 4.79 Å². The summed E-state index contributed by atoms with van der Waals surface area (Å²) < 4.78 is 0. The Labute approximate surface area is 107 Å². The molecule has 0 fully saturated rings. The first-order valence-electron chi connectivity index (χ1n) is 6.06. The van der Waals surface area contributed by atoms with Crippen molar-refractivity contribution in [3.8, 4) is 0 Å². The zero-order chi connectivity index (χ0) is 12.6. The number of amides is 1. The zero-order valence-corrected chi connectivity index (χ0v) is 11.3. The second-order valence-corrected chi connectivity index (χ2v) is 5.67. The molecular weight excluding hydrogens is 234 g/mol. The lowest BCUT2D eigenvalue weighted by molar-refractivity contribution is -0.119. The number of hydrogen-bond acceptors (Lipinski definition) is 1. The van der Waals surface area contributed by atoms with Gasteiger partial charge in [0.2, 0.25) is 5.91 Å². The molecule has 1 aromatic carbocycles. The maximum atomic E-state index is 11.8. The standard InChI is InChI=1S/C14H18ClNO/c1-4-5-11(15)9-6-7-12-10(8-9)14(2,3)13(17)16-12/h6-8,11H,4-5H2,1-3H3,(H,16,17). The Balaban J connectivity index is 2.39. The van der Waals surface area contributed by atoms with Crippen molar-refractivity contribution < 1.29 is 4.79 Å². The first kappa shape index (κ1) is 12.4. The van der Waals surface area contributed by atoms with Crippen LogP contribution in [0.5, 0.6) is 0 Å². The third kappa shape index (κ3) is 2.06. The molecule has 1 N–H and O–H groups in total. The van der Waals surface area contributed by atoms with Crippen LogP contribution in [-0.4, -0.2) is 5.91 Å². The lowest BCUT2D eigenvalue weighted by Gasteiger charge is -2.17. The Morgan fingerprint density at radius 3 is 2.76 bits per heavy atom. The number of carbonyl (C=O) groups excluding carboxylic acids is 1. The molecule has 92 valence electrons. The van der Waals surface area contributed by atoms with Gasteiger partial charge in [0.15, 0.2) is 0 Å². The van der Waals surface area contributed by atoms with Crippen LogP contribution in [0.2, 0.25) is 0 Å². The first-order chi connectivity index (χ1) is 7.96. The highest BCUT2D eigenvalue weighted by Crippen LogP contribution is 2.39. The Kier molecular flexibility index (Phi) is 3.17. The summed E-state index contributed by atoms with van der Waals surface area (Å²) in [7, 11) is 0. The summed E-state index contributed by atoms with van der Waals surface area (Å²) in [5.74, 6) is 0.0614. The minimum absolute atomic E-state index is 0.0387. The summed E-state index contributed by atoms with van der Waals surface area (Å²) in [4.78, 5) is 11.8. The van der Waals surface area contributed by atoms with Gasteiger partial charge in [0, 0.05) is 5.69 Å². The minimum Gasteiger partial charge on any atom is -0.325 e. The number of hydrogen-bond donors (Lipinski definition) is 1. The van der Waals surface area contributed by atoms with E-state index in [2.05, 4.69) is 18.3 Å². The molecule has 0 saturated heterocycles. The quantitative estimate of drug-likeness (QED) is 0.809. The van der Waals surface area contributed by atoms with Crippen molar-refractivity contribution in [1.29, 1.82) is 0 Å². The maximum Gasteiger partial charge on any atom is 0.234 e. The van der Waals surface area contributed by atoms with Gasteiger partial charge in [0.05, 0.1) is 10.8 Å². The highest BCUT2D eigenvalue weighted by Gasteiger charge is 2.38. The second-order valence-electron chi connectivity index (χ2n) is 5.14. The average molecular weight is 252 g/mol. The maximum absolute atomic E-state index is 11.8. The van der Waals surface area contributed by atoms with E-state index < -0.39 is 5.41 Å². The minimum atomic E-state index is -0.450. The number of halogens is 1. The Bertz CT molecular complexity index is 454. The van der Waals surface area contributed by atoms with Crippen LogP contribution >= 0.6 is 11.6 Å². The Morgan fingerprint density at radius 2 is 2.12 bits per heavy atom. The van der Waals surface area contributed by atoms with Crippen LogP contribution in [0.4, 0.5) is 5.69 Å². The molecule has 1 atom stereocenters. The third-order valence-corrected chi connectivity index (χ3v) is 3.91. The van der Waals surface area contributed by atoms with Crippen LogP contribution < -0.4 is 5.32 Å². The fraction of sp³-hybridized carbons (Fsp3) is 0.500. The van der Waals surface area contributed by atoms with Gasteiger partial charge in [-0.05, 0) is 37.5 Å². The van der Waals surface area contributed by atoms with Crippen LogP contribution in [0.1, 0.15) is 50.1 Å². The molecule has 2 rings (SSSR count). The number of fused-ring (bicyclic) bond motifs is 1. The summed E-state index contributed by atoms with van der Waals surface area (Å²) in [6, 6.07) is 6.04. The third-order valence-electron chi connectivity index (χ3n) is 3.44. The van der Waals surface area contributed by atoms with Crippen molar-refractivity contribution >= 4 is 23.2 Å². The van der Waals surface area contributed by atoms with Gasteiger partial charge in [-0.1, -0.05) is 25.5 Å². The number of rotatable bonds is 3. The van der Waals surface area contributed by atoms with Crippen molar-refractivity contribution in [2.75, 3.05) is 5.32 Å². The monoisotopic (exact) mass is 251 g/mol. The zero-order valence-electron chi connectivity index (χ0n) is 10.5.